The molecule has 1 aromatic carbocycles. The molecule has 0 saturated heterocycles. The smallest absolute Gasteiger partial charge is 0.258 e. The van der Waals surface area contributed by atoms with Gasteiger partial charge in [0.25, 0.3) is 5.91 Å². The van der Waals surface area contributed by atoms with Crippen LogP contribution in [0.2, 0.25) is 5.02 Å². The van der Waals surface area contributed by atoms with Gasteiger partial charge < -0.3 is 5.32 Å². The molecule has 5 heteroatoms. The Morgan fingerprint density at radius 3 is 2.84 bits per heavy atom. The van der Waals surface area contributed by atoms with Crippen molar-refractivity contribution in [3.05, 3.63) is 52.8 Å². The highest BCUT2D eigenvalue weighted by molar-refractivity contribution is 7.98. The second-order valence-electron chi connectivity index (χ2n) is 3.99. The van der Waals surface area contributed by atoms with Crippen molar-refractivity contribution >= 4 is 35.0 Å². The van der Waals surface area contributed by atoms with Gasteiger partial charge in [0.2, 0.25) is 0 Å². The average molecular weight is 293 g/mol. The Balaban J connectivity index is 2.20. The molecule has 1 aromatic heterocycles. The van der Waals surface area contributed by atoms with E-state index in [1.165, 1.54) is 6.20 Å². The molecule has 0 unspecified atom stereocenters. The number of rotatable bonds is 3. The molecule has 3 nitrogen and oxygen atoms in total. The van der Waals surface area contributed by atoms with Crippen molar-refractivity contribution in [2.45, 2.75) is 11.8 Å². The van der Waals surface area contributed by atoms with E-state index >= 15 is 0 Å². The lowest BCUT2D eigenvalue weighted by molar-refractivity contribution is 0.102. The van der Waals surface area contributed by atoms with Gasteiger partial charge in [0, 0.05) is 22.5 Å². The summed E-state index contributed by atoms with van der Waals surface area (Å²) in [6.45, 7) is 1.83. The minimum atomic E-state index is -0.254. The first kappa shape index (κ1) is 13.9. The lowest BCUT2D eigenvalue weighted by atomic mass is 10.2. The highest BCUT2D eigenvalue weighted by atomic mass is 35.5. The summed E-state index contributed by atoms with van der Waals surface area (Å²) in [7, 11) is 0. The van der Waals surface area contributed by atoms with Crippen LogP contribution in [0.5, 0.6) is 0 Å². The van der Waals surface area contributed by atoms with Gasteiger partial charge in [-0.2, -0.15) is 0 Å². The molecule has 0 radical (unpaired) electrons. The number of pyridine rings is 1. The summed E-state index contributed by atoms with van der Waals surface area (Å²) in [5.74, 6) is -0.254. The lowest BCUT2D eigenvalue weighted by Gasteiger charge is -2.08. The maximum atomic E-state index is 12.1. The average Bonchev–Trinajstić information content (AvgIpc) is 2.38. The first-order valence-corrected chi connectivity index (χ1v) is 7.28. The Morgan fingerprint density at radius 2 is 2.16 bits per heavy atom. The summed E-state index contributed by atoms with van der Waals surface area (Å²) < 4.78 is 0. The summed E-state index contributed by atoms with van der Waals surface area (Å²) in [6.07, 6.45) is 3.48. The summed E-state index contributed by atoms with van der Waals surface area (Å²) in [4.78, 5) is 17.3. The molecule has 0 aliphatic heterocycles. The summed E-state index contributed by atoms with van der Waals surface area (Å²) >= 11 is 7.67. The zero-order chi connectivity index (χ0) is 13.8. The second-order valence-corrected chi connectivity index (χ2v) is 5.28. The molecule has 1 heterocycles. The number of benzene rings is 1. The number of amides is 1. The van der Waals surface area contributed by atoms with Crippen LogP contribution >= 0.6 is 23.4 Å². The van der Waals surface area contributed by atoms with Crippen LogP contribution in [-0.4, -0.2) is 17.1 Å². The van der Waals surface area contributed by atoms with E-state index in [4.69, 9.17) is 11.6 Å². The first-order chi connectivity index (χ1) is 9.10. The topological polar surface area (TPSA) is 42.0 Å². The molecule has 98 valence electrons. The molecule has 0 aliphatic rings. The molecule has 2 rings (SSSR count). The number of anilines is 1. The number of thioether (sulfide) groups is 1. The van der Waals surface area contributed by atoms with Crippen molar-refractivity contribution < 1.29 is 4.79 Å². The molecular weight excluding hydrogens is 280 g/mol. The Bertz CT molecular complexity index is 616. The fourth-order valence-electron chi connectivity index (χ4n) is 1.59. The van der Waals surface area contributed by atoms with E-state index in [0.29, 0.717) is 10.6 Å². The molecule has 0 spiro atoms. The van der Waals surface area contributed by atoms with E-state index < -0.39 is 0 Å². The van der Waals surface area contributed by atoms with Crippen LogP contribution in [0.25, 0.3) is 0 Å². The fourth-order valence-corrected chi connectivity index (χ4v) is 2.34. The van der Waals surface area contributed by atoms with Crippen LogP contribution < -0.4 is 5.32 Å². The fraction of sp³-hybridized carbons (Fsp3) is 0.143. The summed E-state index contributed by atoms with van der Waals surface area (Å²) in [5, 5.41) is 3.22. The van der Waals surface area contributed by atoms with Crippen molar-refractivity contribution in [1.82, 2.24) is 4.98 Å². The minimum Gasteiger partial charge on any atom is -0.322 e. The molecule has 0 aliphatic carbocycles. The highest BCUT2D eigenvalue weighted by Gasteiger charge is 2.11. The van der Waals surface area contributed by atoms with Gasteiger partial charge in [0.05, 0.1) is 10.6 Å². The largest absolute Gasteiger partial charge is 0.322 e. The van der Waals surface area contributed by atoms with Gasteiger partial charge in [-0.05, 0) is 37.4 Å². The predicted octanol–water partition coefficient (Wildman–Crippen LogP) is 4.02. The SMILES string of the molecule is CSc1cccc(NC(=O)c2cnc(C)cc2Cl)c1. The number of carbonyl (C=O) groups is 1. The third-order valence-corrected chi connectivity index (χ3v) is 3.60. The molecular formula is C14H13ClN2OS. The molecule has 0 bridgehead atoms. The molecule has 1 amide bonds. The van der Waals surface area contributed by atoms with Crippen LogP contribution in [0, 0.1) is 6.92 Å². The van der Waals surface area contributed by atoms with Crippen molar-refractivity contribution in [3.8, 4) is 0 Å². The summed E-state index contributed by atoms with van der Waals surface area (Å²) in [6, 6.07) is 9.32. The third kappa shape index (κ3) is 3.49. The first-order valence-electron chi connectivity index (χ1n) is 5.67. The van der Waals surface area contributed by atoms with Gasteiger partial charge in [-0.1, -0.05) is 17.7 Å². The maximum Gasteiger partial charge on any atom is 0.258 e. The quantitative estimate of drug-likeness (QED) is 0.869. The van der Waals surface area contributed by atoms with E-state index in [1.54, 1.807) is 17.8 Å². The van der Waals surface area contributed by atoms with E-state index in [0.717, 1.165) is 16.3 Å². The van der Waals surface area contributed by atoms with Gasteiger partial charge in [0.15, 0.2) is 0 Å². The summed E-state index contributed by atoms with van der Waals surface area (Å²) in [5.41, 5.74) is 1.90. The third-order valence-electron chi connectivity index (χ3n) is 2.56. The molecule has 0 fully saturated rings. The van der Waals surface area contributed by atoms with Crippen molar-refractivity contribution in [3.63, 3.8) is 0 Å². The van der Waals surface area contributed by atoms with E-state index in [2.05, 4.69) is 10.3 Å². The number of nitrogens with zero attached hydrogens (tertiary/aromatic N) is 1. The molecule has 1 N–H and O–H groups in total. The van der Waals surface area contributed by atoms with Crippen molar-refractivity contribution in [2.24, 2.45) is 0 Å². The maximum absolute atomic E-state index is 12.1. The molecule has 19 heavy (non-hydrogen) atoms. The predicted molar refractivity (Wildman–Crippen MR) is 80.2 cm³/mol. The number of hydrogen-bond acceptors (Lipinski definition) is 3. The van der Waals surface area contributed by atoms with Crippen LogP contribution in [0.4, 0.5) is 5.69 Å². The standard InChI is InChI=1S/C14H13ClN2OS/c1-9-6-13(15)12(8-16-9)14(18)17-10-4-3-5-11(7-10)19-2/h3-8H,1-2H3,(H,17,18). The number of carbonyl (C=O) groups excluding carboxylic acids is 1. The van der Waals surface area contributed by atoms with Crippen LogP contribution in [0.1, 0.15) is 16.1 Å². The lowest BCUT2D eigenvalue weighted by Crippen LogP contribution is -2.13. The zero-order valence-corrected chi connectivity index (χ0v) is 12.2. The molecule has 0 atom stereocenters. The van der Waals surface area contributed by atoms with E-state index in [1.807, 2.05) is 37.4 Å². The van der Waals surface area contributed by atoms with Gasteiger partial charge in [0.1, 0.15) is 0 Å². The Morgan fingerprint density at radius 1 is 1.37 bits per heavy atom. The molecule has 0 saturated carbocycles. The van der Waals surface area contributed by atoms with Gasteiger partial charge >= 0.3 is 0 Å². The second kappa shape index (κ2) is 6.08. The van der Waals surface area contributed by atoms with Gasteiger partial charge in [-0.3, -0.25) is 9.78 Å². The normalized spacial score (nSPS) is 10.3. The molecule has 2 aromatic rings. The van der Waals surface area contributed by atoms with Crippen LogP contribution in [0.15, 0.2) is 41.4 Å². The monoisotopic (exact) mass is 292 g/mol. The number of hydrogen-bond donors (Lipinski definition) is 1. The Labute approximate surface area is 121 Å². The number of aromatic nitrogens is 1. The Hall–Kier alpha value is -1.52. The number of aryl methyl sites for hydroxylation is 1. The zero-order valence-electron chi connectivity index (χ0n) is 10.6. The van der Waals surface area contributed by atoms with Gasteiger partial charge in [-0.15, -0.1) is 11.8 Å². The van der Waals surface area contributed by atoms with Gasteiger partial charge in [-0.25, -0.2) is 0 Å². The van der Waals surface area contributed by atoms with Crippen LogP contribution in [-0.2, 0) is 0 Å². The van der Waals surface area contributed by atoms with Crippen molar-refractivity contribution in [1.29, 1.82) is 0 Å². The Kier molecular flexibility index (Phi) is 4.45. The number of nitrogens with one attached hydrogen (secondary N) is 1. The van der Waals surface area contributed by atoms with Crippen LogP contribution in [0.3, 0.4) is 0 Å². The minimum absolute atomic E-state index is 0.254. The van der Waals surface area contributed by atoms with E-state index in [-0.39, 0.29) is 5.91 Å². The number of halogens is 1. The van der Waals surface area contributed by atoms with Crippen molar-refractivity contribution in [2.75, 3.05) is 11.6 Å². The van der Waals surface area contributed by atoms with E-state index in [9.17, 15) is 4.79 Å². The highest BCUT2D eigenvalue weighted by Crippen LogP contribution is 2.21.